The summed E-state index contributed by atoms with van der Waals surface area (Å²) >= 11 is 0. The van der Waals surface area contributed by atoms with Crippen LogP contribution >= 0.6 is 0 Å². The molecule has 2 rings (SSSR count). The molecule has 7 heteroatoms. The number of hydrogen-bond acceptors (Lipinski definition) is 3. The first kappa shape index (κ1) is 16.3. The van der Waals surface area contributed by atoms with Gasteiger partial charge < -0.3 is 9.47 Å². The second-order valence-corrected chi connectivity index (χ2v) is 6.91. The van der Waals surface area contributed by atoms with Gasteiger partial charge in [0.25, 0.3) is 5.91 Å². The van der Waals surface area contributed by atoms with Crippen LogP contribution in [0.2, 0.25) is 0 Å². The number of aromatic nitrogens is 1. The Hall–Kier alpha value is -2.12. The highest BCUT2D eigenvalue weighted by Crippen LogP contribution is 2.15. The summed E-state index contributed by atoms with van der Waals surface area (Å²) in [6.45, 7) is 0.457. The van der Waals surface area contributed by atoms with Crippen LogP contribution in [0.5, 0.6) is 0 Å². The normalized spacial score (nSPS) is 11.4. The van der Waals surface area contributed by atoms with Gasteiger partial charge >= 0.3 is 0 Å². The number of aryl methyl sites for hydroxylation is 1. The maximum absolute atomic E-state index is 12.5. The Balaban J connectivity index is 2.23. The highest BCUT2D eigenvalue weighted by Gasteiger charge is 2.21. The standard InChI is InChI=1S/C15H19N3O3S/c1-16-22(20,21)13-9-14(17(2)11-13)15(19)18(3)10-12-7-5-4-6-8-12/h4-9,11,16H,10H2,1-3H3. The Morgan fingerprint density at radius 1 is 1.27 bits per heavy atom. The van der Waals surface area contributed by atoms with Crippen molar-refractivity contribution in [1.29, 1.82) is 0 Å². The summed E-state index contributed by atoms with van der Waals surface area (Å²) in [5, 5.41) is 0. The van der Waals surface area contributed by atoms with Crippen LogP contribution in [0.15, 0.2) is 47.5 Å². The van der Waals surface area contributed by atoms with Crippen LogP contribution in [0.25, 0.3) is 0 Å². The highest BCUT2D eigenvalue weighted by molar-refractivity contribution is 7.89. The zero-order valence-corrected chi connectivity index (χ0v) is 13.6. The van der Waals surface area contributed by atoms with Crippen molar-refractivity contribution in [3.05, 3.63) is 53.9 Å². The van der Waals surface area contributed by atoms with Crippen LogP contribution in [0, 0.1) is 0 Å². The molecular formula is C15H19N3O3S. The molecular weight excluding hydrogens is 302 g/mol. The fourth-order valence-corrected chi connectivity index (χ4v) is 2.94. The van der Waals surface area contributed by atoms with E-state index in [1.807, 2.05) is 30.3 Å². The molecule has 0 saturated heterocycles. The van der Waals surface area contributed by atoms with Crippen LogP contribution in [0.3, 0.4) is 0 Å². The number of carbonyl (C=O) groups excluding carboxylic acids is 1. The monoisotopic (exact) mass is 321 g/mol. The predicted octanol–water partition coefficient (Wildman–Crippen LogP) is 1.21. The summed E-state index contributed by atoms with van der Waals surface area (Å²) < 4.78 is 27.4. The number of carbonyl (C=O) groups is 1. The Kier molecular flexibility index (Phi) is 4.68. The van der Waals surface area contributed by atoms with Gasteiger partial charge in [0.05, 0.1) is 0 Å². The summed E-state index contributed by atoms with van der Waals surface area (Å²) in [4.78, 5) is 14.1. The lowest BCUT2D eigenvalue weighted by atomic mass is 10.2. The number of nitrogens with zero attached hydrogens (tertiary/aromatic N) is 2. The lowest BCUT2D eigenvalue weighted by Gasteiger charge is -2.17. The van der Waals surface area contributed by atoms with Crippen molar-refractivity contribution in [3.63, 3.8) is 0 Å². The molecule has 0 fully saturated rings. The molecule has 0 aliphatic rings. The summed E-state index contributed by atoms with van der Waals surface area (Å²) in [6.07, 6.45) is 1.43. The van der Waals surface area contributed by atoms with E-state index in [0.29, 0.717) is 12.2 Å². The predicted molar refractivity (Wildman–Crippen MR) is 83.9 cm³/mol. The molecule has 2 aromatic rings. The Morgan fingerprint density at radius 3 is 2.50 bits per heavy atom. The molecule has 1 aromatic heterocycles. The van der Waals surface area contributed by atoms with Gasteiger partial charge in [0.1, 0.15) is 10.6 Å². The third-order valence-corrected chi connectivity index (χ3v) is 4.77. The van der Waals surface area contributed by atoms with Crippen molar-refractivity contribution in [2.24, 2.45) is 7.05 Å². The lowest BCUT2D eigenvalue weighted by Crippen LogP contribution is -2.27. The van der Waals surface area contributed by atoms with E-state index in [4.69, 9.17) is 0 Å². The van der Waals surface area contributed by atoms with Gasteiger partial charge in [-0.3, -0.25) is 4.79 Å². The van der Waals surface area contributed by atoms with Gasteiger partial charge in [-0.25, -0.2) is 13.1 Å². The van der Waals surface area contributed by atoms with E-state index in [9.17, 15) is 13.2 Å². The van der Waals surface area contributed by atoms with Crippen molar-refractivity contribution in [1.82, 2.24) is 14.2 Å². The second-order valence-electron chi connectivity index (χ2n) is 5.03. The van der Waals surface area contributed by atoms with Gasteiger partial charge in [0.15, 0.2) is 0 Å². The maximum atomic E-state index is 12.5. The van der Waals surface area contributed by atoms with Crippen molar-refractivity contribution >= 4 is 15.9 Å². The van der Waals surface area contributed by atoms with Gasteiger partial charge in [-0.05, 0) is 18.7 Å². The number of sulfonamides is 1. The van der Waals surface area contributed by atoms with Gasteiger partial charge in [-0.2, -0.15) is 0 Å². The first-order chi connectivity index (χ1) is 10.3. The van der Waals surface area contributed by atoms with Crippen LogP contribution in [0.4, 0.5) is 0 Å². The zero-order chi connectivity index (χ0) is 16.3. The largest absolute Gasteiger partial charge is 0.345 e. The van der Waals surface area contributed by atoms with Gasteiger partial charge in [-0.15, -0.1) is 0 Å². The van der Waals surface area contributed by atoms with Crippen LogP contribution in [-0.4, -0.2) is 37.9 Å². The van der Waals surface area contributed by atoms with Gasteiger partial charge in [0, 0.05) is 26.8 Å². The molecule has 0 saturated carbocycles. The first-order valence-electron chi connectivity index (χ1n) is 6.74. The molecule has 6 nitrogen and oxygen atoms in total. The molecule has 118 valence electrons. The maximum Gasteiger partial charge on any atom is 0.270 e. The molecule has 1 heterocycles. The molecule has 1 aromatic carbocycles. The smallest absolute Gasteiger partial charge is 0.270 e. The molecule has 1 amide bonds. The minimum absolute atomic E-state index is 0.0777. The first-order valence-corrected chi connectivity index (χ1v) is 8.23. The average molecular weight is 321 g/mol. The van der Waals surface area contributed by atoms with Crippen LogP contribution in [-0.2, 0) is 23.6 Å². The molecule has 0 aliphatic carbocycles. The zero-order valence-electron chi connectivity index (χ0n) is 12.8. The molecule has 0 aliphatic heterocycles. The van der Waals surface area contributed by atoms with Crippen LogP contribution in [0.1, 0.15) is 16.1 Å². The molecule has 0 radical (unpaired) electrons. The number of nitrogens with one attached hydrogen (secondary N) is 1. The van der Waals surface area contributed by atoms with E-state index in [1.54, 1.807) is 19.0 Å². The minimum Gasteiger partial charge on any atom is -0.345 e. The third-order valence-electron chi connectivity index (χ3n) is 3.39. The highest BCUT2D eigenvalue weighted by atomic mass is 32.2. The molecule has 1 N–H and O–H groups in total. The van der Waals surface area contributed by atoms with E-state index >= 15 is 0 Å². The fraction of sp³-hybridized carbons (Fsp3) is 0.267. The van der Waals surface area contributed by atoms with E-state index < -0.39 is 10.0 Å². The van der Waals surface area contributed by atoms with Gasteiger partial charge in [0.2, 0.25) is 10.0 Å². The number of benzene rings is 1. The van der Waals surface area contributed by atoms with Crippen LogP contribution < -0.4 is 4.72 Å². The quantitative estimate of drug-likeness (QED) is 0.899. The van der Waals surface area contributed by atoms with E-state index in [-0.39, 0.29) is 10.8 Å². The number of amides is 1. The second kappa shape index (κ2) is 6.33. The molecule has 22 heavy (non-hydrogen) atoms. The average Bonchev–Trinajstić information content (AvgIpc) is 2.90. The summed E-state index contributed by atoms with van der Waals surface area (Å²) in [6, 6.07) is 11.0. The number of rotatable bonds is 5. The number of hydrogen-bond donors (Lipinski definition) is 1. The topological polar surface area (TPSA) is 71.4 Å². The van der Waals surface area contributed by atoms with E-state index in [2.05, 4.69) is 4.72 Å². The Bertz CT molecular complexity index is 767. The third kappa shape index (κ3) is 3.37. The van der Waals surface area contributed by atoms with E-state index in [1.165, 1.54) is 23.9 Å². The minimum atomic E-state index is -3.56. The van der Waals surface area contributed by atoms with Gasteiger partial charge in [-0.1, -0.05) is 30.3 Å². The Morgan fingerprint density at radius 2 is 1.91 bits per heavy atom. The molecule has 0 bridgehead atoms. The van der Waals surface area contributed by atoms with Crippen molar-refractivity contribution < 1.29 is 13.2 Å². The fourth-order valence-electron chi connectivity index (χ4n) is 2.14. The SMILES string of the molecule is CNS(=O)(=O)c1cc(C(=O)N(C)Cc2ccccc2)n(C)c1. The van der Waals surface area contributed by atoms with Crippen molar-refractivity contribution in [3.8, 4) is 0 Å². The van der Waals surface area contributed by atoms with Crippen molar-refractivity contribution in [2.45, 2.75) is 11.4 Å². The molecule has 0 unspecified atom stereocenters. The Labute approximate surface area is 130 Å². The molecule has 0 spiro atoms. The summed E-state index contributed by atoms with van der Waals surface area (Å²) in [7, 11) is 1.12. The molecule has 0 atom stereocenters. The summed E-state index contributed by atoms with van der Waals surface area (Å²) in [5.41, 5.74) is 1.34. The lowest BCUT2D eigenvalue weighted by molar-refractivity contribution is 0.0775. The van der Waals surface area contributed by atoms with Crippen molar-refractivity contribution in [2.75, 3.05) is 14.1 Å². The van der Waals surface area contributed by atoms with E-state index in [0.717, 1.165) is 5.56 Å². The summed E-state index contributed by atoms with van der Waals surface area (Å²) in [5.74, 6) is -0.232.